The number of carbonyl (C=O) groups excluding carboxylic acids is 1. The number of benzene rings is 1. The van der Waals surface area contributed by atoms with Gasteiger partial charge in [0.05, 0.1) is 6.10 Å². The summed E-state index contributed by atoms with van der Waals surface area (Å²) in [5.74, 6) is -0.258. The predicted octanol–water partition coefficient (Wildman–Crippen LogP) is 2.29. The van der Waals surface area contributed by atoms with Crippen LogP contribution in [0.3, 0.4) is 0 Å². The Morgan fingerprint density at radius 1 is 1.62 bits per heavy atom. The molecule has 2 N–H and O–H groups in total. The number of ether oxygens (including phenoxy) is 2. The second-order valence-electron chi connectivity index (χ2n) is 4.66. The Kier molecular flexibility index (Phi) is 5.20. The Bertz CT molecular complexity index is 601. The number of carbonyl (C=O) groups is 1. The van der Waals surface area contributed by atoms with E-state index in [0.29, 0.717) is 22.9 Å². The first kappa shape index (κ1) is 15.4. The summed E-state index contributed by atoms with van der Waals surface area (Å²) >= 11 is 5.94. The number of nitrogens with zero attached hydrogens (tertiary/aromatic N) is 1. The van der Waals surface area contributed by atoms with Crippen molar-refractivity contribution in [3.63, 3.8) is 0 Å². The zero-order valence-electron chi connectivity index (χ0n) is 11.3. The lowest BCUT2D eigenvalue weighted by Gasteiger charge is -2.13. The van der Waals surface area contributed by atoms with Crippen molar-refractivity contribution < 1.29 is 14.3 Å². The van der Waals surface area contributed by atoms with E-state index >= 15 is 0 Å². The lowest BCUT2D eigenvalue weighted by Crippen LogP contribution is -2.16. The van der Waals surface area contributed by atoms with Crippen LogP contribution >= 0.6 is 11.6 Å². The van der Waals surface area contributed by atoms with Crippen molar-refractivity contribution in [2.24, 2.45) is 5.73 Å². The summed E-state index contributed by atoms with van der Waals surface area (Å²) in [6.07, 6.45) is 3.44. The summed E-state index contributed by atoms with van der Waals surface area (Å²) < 4.78 is 11.2. The van der Waals surface area contributed by atoms with Crippen LogP contribution in [0.15, 0.2) is 23.8 Å². The first-order valence-electron chi connectivity index (χ1n) is 6.55. The molecule has 0 aliphatic carbocycles. The van der Waals surface area contributed by atoms with Crippen molar-refractivity contribution in [1.29, 1.82) is 5.26 Å². The molecule has 1 heterocycles. The van der Waals surface area contributed by atoms with Gasteiger partial charge in [0.1, 0.15) is 24.0 Å². The molecule has 2 rings (SSSR count). The first-order chi connectivity index (χ1) is 10.1. The summed E-state index contributed by atoms with van der Waals surface area (Å²) in [6, 6.07) is 6.75. The van der Waals surface area contributed by atoms with Gasteiger partial charge in [-0.1, -0.05) is 11.6 Å². The lowest BCUT2D eigenvalue weighted by atomic mass is 10.1. The molecule has 5 nitrogen and oxygen atoms in total. The number of amides is 1. The van der Waals surface area contributed by atoms with Crippen molar-refractivity contribution in [1.82, 2.24) is 0 Å². The minimum atomic E-state index is -0.789. The van der Waals surface area contributed by atoms with E-state index in [9.17, 15) is 4.79 Å². The molecule has 6 heteroatoms. The van der Waals surface area contributed by atoms with Gasteiger partial charge in [-0.05, 0) is 37.1 Å². The van der Waals surface area contributed by atoms with E-state index in [1.165, 1.54) is 6.08 Å². The van der Waals surface area contributed by atoms with Crippen LogP contribution in [-0.4, -0.2) is 25.2 Å². The van der Waals surface area contributed by atoms with Gasteiger partial charge in [0.15, 0.2) is 0 Å². The van der Waals surface area contributed by atoms with Crippen LogP contribution < -0.4 is 10.5 Å². The van der Waals surface area contributed by atoms with Crippen LogP contribution in [-0.2, 0) is 9.53 Å². The highest BCUT2D eigenvalue weighted by Crippen LogP contribution is 2.26. The number of halogens is 1. The third-order valence-corrected chi connectivity index (χ3v) is 3.34. The Morgan fingerprint density at radius 3 is 3.05 bits per heavy atom. The second-order valence-corrected chi connectivity index (χ2v) is 5.10. The molecule has 1 atom stereocenters. The van der Waals surface area contributed by atoms with Crippen LogP contribution in [0, 0.1) is 11.3 Å². The van der Waals surface area contributed by atoms with Gasteiger partial charge >= 0.3 is 0 Å². The standard InChI is InChI=1S/C15H15ClN2O3/c16-12-3-4-14(21-9-13-2-1-5-20-13)10(7-12)6-11(8-17)15(18)19/h3-4,6-7,13H,1-2,5,9H2,(H2,18,19)/b11-6-. The van der Waals surface area contributed by atoms with E-state index in [2.05, 4.69) is 0 Å². The monoisotopic (exact) mass is 306 g/mol. The van der Waals surface area contributed by atoms with Crippen molar-refractivity contribution in [3.05, 3.63) is 34.4 Å². The fourth-order valence-corrected chi connectivity index (χ4v) is 2.22. The van der Waals surface area contributed by atoms with Crippen molar-refractivity contribution in [2.45, 2.75) is 18.9 Å². The number of rotatable bonds is 5. The van der Waals surface area contributed by atoms with Crippen LogP contribution in [0.4, 0.5) is 0 Å². The predicted molar refractivity (Wildman–Crippen MR) is 78.7 cm³/mol. The van der Waals surface area contributed by atoms with Crippen LogP contribution in [0.2, 0.25) is 5.02 Å². The average Bonchev–Trinajstić information content (AvgIpc) is 2.96. The van der Waals surface area contributed by atoms with Gasteiger partial charge in [-0.3, -0.25) is 4.79 Å². The molecule has 21 heavy (non-hydrogen) atoms. The molecule has 0 saturated carbocycles. The number of primary amides is 1. The third kappa shape index (κ3) is 4.22. The summed E-state index contributed by atoms with van der Waals surface area (Å²) in [5.41, 5.74) is 5.52. The minimum Gasteiger partial charge on any atom is -0.490 e. The van der Waals surface area contributed by atoms with Gasteiger partial charge in [-0.2, -0.15) is 5.26 Å². The quantitative estimate of drug-likeness (QED) is 0.668. The van der Waals surface area contributed by atoms with Crippen molar-refractivity contribution >= 4 is 23.6 Å². The lowest BCUT2D eigenvalue weighted by molar-refractivity contribution is -0.114. The molecule has 1 unspecified atom stereocenters. The number of nitrogens with two attached hydrogens (primary N) is 1. The van der Waals surface area contributed by atoms with Gasteiger partial charge in [-0.15, -0.1) is 0 Å². The first-order valence-corrected chi connectivity index (χ1v) is 6.93. The molecule has 1 aromatic rings. The highest BCUT2D eigenvalue weighted by atomic mass is 35.5. The van der Waals surface area contributed by atoms with E-state index in [4.69, 9.17) is 32.1 Å². The maximum atomic E-state index is 11.1. The second kappa shape index (κ2) is 7.11. The van der Waals surface area contributed by atoms with E-state index in [0.717, 1.165) is 19.4 Å². The Hall–Kier alpha value is -2.03. The molecular formula is C15H15ClN2O3. The average molecular weight is 307 g/mol. The Labute approximate surface area is 127 Å². The molecule has 1 saturated heterocycles. The Morgan fingerprint density at radius 2 is 2.43 bits per heavy atom. The molecule has 0 radical (unpaired) electrons. The zero-order chi connectivity index (χ0) is 15.2. The zero-order valence-corrected chi connectivity index (χ0v) is 12.1. The maximum absolute atomic E-state index is 11.1. The SMILES string of the molecule is N#C/C(=C/c1cc(Cl)ccc1OCC1CCCO1)C(N)=O. The van der Waals surface area contributed by atoms with Gasteiger partial charge in [0, 0.05) is 17.2 Å². The fourth-order valence-electron chi connectivity index (χ4n) is 2.04. The molecule has 1 fully saturated rings. The molecule has 0 spiro atoms. The molecule has 1 amide bonds. The summed E-state index contributed by atoms with van der Waals surface area (Å²) in [7, 11) is 0. The highest BCUT2D eigenvalue weighted by molar-refractivity contribution is 6.30. The van der Waals surface area contributed by atoms with Gasteiger partial charge in [-0.25, -0.2) is 0 Å². The third-order valence-electron chi connectivity index (χ3n) is 3.11. The minimum absolute atomic E-state index is 0.0732. The molecule has 0 bridgehead atoms. The number of hydrogen-bond donors (Lipinski definition) is 1. The maximum Gasteiger partial charge on any atom is 0.259 e. The van der Waals surface area contributed by atoms with Gasteiger partial charge < -0.3 is 15.2 Å². The van der Waals surface area contributed by atoms with E-state index in [-0.39, 0.29) is 11.7 Å². The van der Waals surface area contributed by atoms with E-state index < -0.39 is 5.91 Å². The highest BCUT2D eigenvalue weighted by Gasteiger charge is 2.17. The van der Waals surface area contributed by atoms with Gasteiger partial charge in [0.25, 0.3) is 5.91 Å². The van der Waals surface area contributed by atoms with Crippen LogP contribution in [0.1, 0.15) is 18.4 Å². The van der Waals surface area contributed by atoms with Crippen molar-refractivity contribution in [2.75, 3.05) is 13.2 Å². The fraction of sp³-hybridized carbons (Fsp3) is 0.333. The molecule has 1 aromatic carbocycles. The smallest absolute Gasteiger partial charge is 0.259 e. The normalized spacial score (nSPS) is 18.3. The van der Waals surface area contributed by atoms with E-state index in [1.807, 2.05) is 0 Å². The van der Waals surface area contributed by atoms with Gasteiger partial charge in [0.2, 0.25) is 0 Å². The topological polar surface area (TPSA) is 85.3 Å². The van der Waals surface area contributed by atoms with Crippen LogP contribution in [0.5, 0.6) is 5.75 Å². The Balaban J connectivity index is 2.20. The molecule has 0 aromatic heterocycles. The van der Waals surface area contributed by atoms with Crippen LogP contribution in [0.25, 0.3) is 6.08 Å². The molecule has 1 aliphatic rings. The number of nitriles is 1. The summed E-state index contributed by atoms with van der Waals surface area (Å²) in [5, 5.41) is 9.39. The molecule has 1 aliphatic heterocycles. The summed E-state index contributed by atoms with van der Waals surface area (Å²) in [6.45, 7) is 1.17. The van der Waals surface area contributed by atoms with E-state index in [1.54, 1.807) is 24.3 Å². The molecular weight excluding hydrogens is 292 g/mol. The van der Waals surface area contributed by atoms with Crippen molar-refractivity contribution in [3.8, 4) is 11.8 Å². The number of hydrogen-bond acceptors (Lipinski definition) is 4. The molecule has 110 valence electrons. The summed E-state index contributed by atoms with van der Waals surface area (Å²) in [4.78, 5) is 11.1. The largest absolute Gasteiger partial charge is 0.490 e.